The van der Waals surface area contributed by atoms with Gasteiger partial charge < -0.3 is 4.98 Å². The van der Waals surface area contributed by atoms with Crippen LogP contribution in [0.1, 0.15) is 5.56 Å². The normalized spacial score (nSPS) is 12.9. The number of rotatable bonds is 5. The first kappa shape index (κ1) is 13.0. The minimum absolute atomic E-state index is 0.0727. The van der Waals surface area contributed by atoms with Crippen LogP contribution in [0.3, 0.4) is 0 Å². The minimum atomic E-state index is -4.57. The summed E-state index contributed by atoms with van der Waals surface area (Å²) < 4.78 is 60.7. The van der Waals surface area contributed by atoms with Crippen molar-refractivity contribution in [3.63, 3.8) is 0 Å². The summed E-state index contributed by atoms with van der Waals surface area (Å²) >= 11 is 0. The van der Waals surface area contributed by atoms with Crippen molar-refractivity contribution >= 4 is 10.2 Å². The topological polar surface area (TPSA) is 74.0 Å². The van der Waals surface area contributed by atoms with Crippen LogP contribution in [0.4, 0.5) is 13.2 Å². The van der Waals surface area contributed by atoms with Crippen molar-refractivity contribution < 1.29 is 21.6 Å². The highest BCUT2D eigenvalue weighted by molar-refractivity contribution is 7.87. The molecule has 0 atom stereocenters. The van der Waals surface area contributed by atoms with Gasteiger partial charge in [0.15, 0.2) is 0 Å². The molecule has 0 aliphatic heterocycles. The van der Waals surface area contributed by atoms with E-state index < -0.39 is 22.9 Å². The van der Waals surface area contributed by atoms with Crippen LogP contribution >= 0.6 is 0 Å². The average molecular weight is 257 g/mol. The molecule has 0 fully saturated rings. The lowest BCUT2D eigenvalue weighted by Crippen LogP contribution is -2.41. The molecule has 92 valence electrons. The van der Waals surface area contributed by atoms with E-state index in [1.807, 2.05) is 4.72 Å². The zero-order chi connectivity index (χ0) is 12.2. The molecule has 0 saturated carbocycles. The summed E-state index contributed by atoms with van der Waals surface area (Å²) in [7, 11) is -4.12. The van der Waals surface area contributed by atoms with Crippen molar-refractivity contribution in [2.24, 2.45) is 0 Å². The van der Waals surface area contributed by atoms with Gasteiger partial charge in [-0.15, -0.1) is 0 Å². The number of hydrogen-bond acceptors (Lipinski definition) is 2. The van der Waals surface area contributed by atoms with Gasteiger partial charge in [0.2, 0.25) is 0 Å². The number of hydrogen-bond donors (Lipinski definition) is 3. The summed E-state index contributed by atoms with van der Waals surface area (Å²) in [5, 5.41) is 0. The molecule has 5 nitrogen and oxygen atoms in total. The van der Waals surface area contributed by atoms with E-state index in [1.54, 1.807) is 12.3 Å². The number of aromatic nitrogens is 1. The maximum Gasteiger partial charge on any atom is 0.402 e. The Morgan fingerprint density at radius 1 is 1.31 bits per heavy atom. The maximum atomic E-state index is 11.7. The van der Waals surface area contributed by atoms with Gasteiger partial charge >= 0.3 is 6.18 Å². The summed E-state index contributed by atoms with van der Waals surface area (Å²) in [6, 6.07) is 1.60. The number of halogens is 3. The van der Waals surface area contributed by atoms with Crippen molar-refractivity contribution in [2.45, 2.75) is 12.7 Å². The van der Waals surface area contributed by atoms with Crippen LogP contribution in [0.15, 0.2) is 18.5 Å². The predicted molar refractivity (Wildman–Crippen MR) is 50.6 cm³/mol. The lowest BCUT2D eigenvalue weighted by molar-refractivity contribution is -0.121. The minimum Gasteiger partial charge on any atom is -0.367 e. The second-order valence-corrected chi connectivity index (χ2v) is 4.56. The molecule has 0 unspecified atom stereocenters. The molecule has 0 aliphatic carbocycles. The smallest absolute Gasteiger partial charge is 0.367 e. The highest BCUT2D eigenvalue weighted by Crippen LogP contribution is 2.12. The molecule has 0 bridgehead atoms. The largest absolute Gasteiger partial charge is 0.402 e. The molecule has 16 heavy (non-hydrogen) atoms. The van der Waals surface area contributed by atoms with E-state index in [0.717, 1.165) is 0 Å². The first-order valence-corrected chi connectivity index (χ1v) is 5.69. The summed E-state index contributed by atoms with van der Waals surface area (Å²) in [5.41, 5.74) is 0.623. The van der Waals surface area contributed by atoms with Gasteiger partial charge in [0.25, 0.3) is 10.2 Å². The number of alkyl halides is 3. The predicted octanol–water partition coefficient (Wildman–Crippen LogP) is 0.501. The standard InChI is InChI=1S/C7H10F3N3O2S/c8-7(9,10)5-13-16(14,15)12-4-6-1-2-11-3-6/h1-3,11-13H,4-5H2. The van der Waals surface area contributed by atoms with Crippen LogP contribution in [0, 0.1) is 0 Å². The van der Waals surface area contributed by atoms with Gasteiger partial charge in [-0.25, -0.2) is 0 Å². The Labute approximate surface area is 90.2 Å². The number of H-pyrrole nitrogens is 1. The molecule has 0 aliphatic rings. The Morgan fingerprint density at radius 2 is 2.00 bits per heavy atom. The van der Waals surface area contributed by atoms with Crippen molar-refractivity contribution in [3.8, 4) is 0 Å². The fourth-order valence-electron chi connectivity index (χ4n) is 0.875. The third-order valence-corrected chi connectivity index (χ3v) is 2.64. The lowest BCUT2D eigenvalue weighted by atomic mass is 10.4. The van der Waals surface area contributed by atoms with Crippen molar-refractivity contribution in [1.29, 1.82) is 0 Å². The molecule has 1 aromatic heterocycles. The van der Waals surface area contributed by atoms with Gasteiger partial charge in [-0.3, -0.25) is 0 Å². The Hall–Kier alpha value is -1.06. The first-order valence-electron chi connectivity index (χ1n) is 4.21. The molecule has 0 radical (unpaired) electrons. The molecule has 1 aromatic rings. The molecule has 0 spiro atoms. The van der Waals surface area contributed by atoms with E-state index in [-0.39, 0.29) is 6.54 Å². The highest BCUT2D eigenvalue weighted by Gasteiger charge is 2.29. The SMILES string of the molecule is O=S(=O)(NCc1cc[nH]c1)NCC(F)(F)F. The fraction of sp³-hybridized carbons (Fsp3) is 0.429. The van der Waals surface area contributed by atoms with Crippen LogP contribution in [-0.2, 0) is 16.8 Å². The van der Waals surface area contributed by atoms with Crippen molar-refractivity contribution in [3.05, 3.63) is 24.0 Å². The van der Waals surface area contributed by atoms with Gasteiger partial charge in [-0.05, 0) is 11.6 Å². The highest BCUT2D eigenvalue weighted by atomic mass is 32.2. The van der Waals surface area contributed by atoms with Gasteiger partial charge in [0, 0.05) is 18.9 Å². The Kier molecular flexibility index (Phi) is 3.94. The van der Waals surface area contributed by atoms with E-state index in [9.17, 15) is 21.6 Å². The molecule has 1 heterocycles. The van der Waals surface area contributed by atoms with Crippen LogP contribution in [0.25, 0.3) is 0 Å². The van der Waals surface area contributed by atoms with Gasteiger partial charge in [0.1, 0.15) is 6.54 Å². The quantitative estimate of drug-likeness (QED) is 0.718. The first-order chi connectivity index (χ1) is 7.29. The van der Waals surface area contributed by atoms with E-state index in [1.165, 1.54) is 10.9 Å². The van der Waals surface area contributed by atoms with E-state index in [0.29, 0.717) is 5.56 Å². The molecule has 3 N–H and O–H groups in total. The third-order valence-electron chi connectivity index (χ3n) is 1.59. The molecule has 0 amide bonds. The zero-order valence-corrected chi connectivity index (χ0v) is 8.82. The van der Waals surface area contributed by atoms with Gasteiger partial charge in [-0.2, -0.15) is 31.0 Å². The van der Waals surface area contributed by atoms with Gasteiger partial charge in [-0.1, -0.05) is 0 Å². The van der Waals surface area contributed by atoms with Crippen molar-refractivity contribution in [2.75, 3.05) is 6.54 Å². The number of nitrogens with one attached hydrogen (secondary N) is 3. The summed E-state index contributed by atoms with van der Waals surface area (Å²) in [5.74, 6) is 0. The average Bonchev–Trinajstić information content (AvgIpc) is 2.64. The lowest BCUT2D eigenvalue weighted by Gasteiger charge is -2.09. The van der Waals surface area contributed by atoms with E-state index in [2.05, 4.69) is 4.98 Å². The third kappa shape index (κ3) is 5.14. The van der Waals surface area contributed by atoms with E-state index >= 15 is 0 Å². The van der Waals surface area contributed by atoms with Crippen LogP contribution in [0.2, 0.25) is 0 Å². The Balaban J connectivity index is 2.41. The summed E-state index contributed by atoms with van der Waals surface area (Å²) in [6.45, 7) is -1.66. The zero-order valence-electron chi connectivity index (χ0n) is 8.00. The molecule has 9 heteroatoms. The second kappa shape index (κ2) is 4.85. The van der Waals surface area contributed by atoms with Crippen LogP contribution in [-0.4, -0.2) is 26.1 Å². The van der Waals surface area contributed by atoms with Crippen LogP contribution in [0.5, 0.6) is 0 Å². The Morgan fingerprint density at radius 3 is 2.50 bits per heavy atom. The molecule has 0 saturated heterocycles. The summed E-state index contributed by atoms with van der Waals surface area (Å²) in [4.78, 5) is 2.69. The molecular formula is C7H10F3N3O2S. The molecule has 1 rings (SSSR count). The summed E-state index contributed by atoms with van der Waals surface area (Å²) in [6.07, 6.45) is -1.46. The van der Waals surface area contributed by atoms with Gasteiger partial charge in [0.05, 0.1) is 0 Å². The van der Waals surface area contributed by atoms with Crippen LogP contribution < -0.4 is 9.44 Å². The molecular weight excluding hydrogens is 247 g/mol. The molecule has 0 aromatic carbocycles. The van der Waals surface area contributed by atoms with E-state index in [4.69, 9.17) is 0 Å². The monoisotopic (exact) mass is 257 g/mol. The fourth-order valence-corrected chi connectivity index (χ4v) is 1.69. The number of aromatic amines is 1. The Bertz CT molecular complexity index is 413. The second-order valence-electron chi connectivity index (χ2n) is 2.98. The maximum absolute atomic E-state index is 11.7. The van der Waals surface area contributed by atoms with Crippen molar-refractivity contribution in [1.82, 2.24) is 14.4 Å².